The second-order valence-corrected chi connectivity index (χ2v) is 5.76. The molecule has 0 radical (unpaired) electrons. The molecule has 1 fully saturated rings. The zero-order chi connectivity index (χ0) is 14.0. The molecular formula is C14H22ClN3O. The SMILES string of the molecule is COC1CCN(c2nc(C(C)C)nc(Cl)c2C)CC1. The summed E-state index contributed by atoms with van der Waals surface area (Å²) in [5, 5.41) is 0.572. The summed E-state index contributed by atoms with van der Waals surface area (Å²) in [4.78, 5) is 11.4. The first kappa shape index (κ1) is 14.5. The number of ether oxygens (including phenoxy) is 1. The third-order valence-corrected chi connectivity index (χ3v) is 4.04. The molecule has 0 saturated carbocycles. The highest BCUT2D eigenvalue weighted by Gasteiger charge is 2.23. The maximum Gasteiger partial charge on any atom is 0.137 e. The highest BCUT2D eigenvalue weighted by Crippen LogP contribution is 2.28. The van der Waals surface area contributed by atoms with Crippen LogP contribution in [0.25, 0.3) is 0 Å². The largest absolute Gasteiger partial charge is 0.381 e. The lowest BCUT2D eigenvalue weighted by molar-refractivity contribution is 0.0817. The van der Waals surface area contributed by atoms with Crippen LogP contribution in [0.4, 0.5) is 5.82 Å². The van der Waals surface area contributed by atoms with Crippen LogP contribution >= 0.6 is 11.6 Å². The molecule has 19 heavy (non-hydrogen) atoms. The van der Waals surface area contributed by atoms with Gasteiger partial charge in [0.1, 0.15) is 16.8 Å². The first-order chi connectivity index (χ1) is 9.02. The van der Waals surface area contributed by atoms with Crippen LogP contribution in [-0.2, 0) is 4.74 Å². The summed E-state index contributed by atoms with van der Waals surface area (Å²) in [6.45, 7) is 8.09. The summed E-state index contributed by atoms with van der Waals surface area (Å²) in [6.07, 6.45) is 2.45. The normalized spacial score (nSPS) is 17.3. The van der Waals surface area contributed by atoms with E-state index in [2.05, 4.69) is 23.7 Å². The van der Waals surface area contributed by atoms with Gasteiger partial charge in [0.2, 0.25) is 0 Å². The third-order valence-electron chi connectivity index (χ3n) is 3.67. The summed E-state index contributed by atoms with van der Waals surface area (Å²) in [5.74, 6) is 2.09. The maximum absolute atomic E-state index is 6.24. The van der Waals surface area contributed by atoms with E-state index in [0.717, 1.165) is 43.1 Å². The Balaban J connectivity index is 2.24. The van der Waals surface area contributed by atoms with Gasteiger partial charge in [0, 0.05) is 31.7 Å². The highest BCUT2D eigenvalue weighted by atomic mass is 35.5. The fourth-order valence-corrected chi connectivity index (χ4v) is 2.53. The Morgan fingerprint density at radius 2 is 1.89 bits per heavy atom. The Morgan fingerprint density at radius 1 is 1.26 bits per heavy atom. The predicted octanol–water partition coefficient (Wildman–Crippen LogP) is 3.18. The van der Waals surface area contributed by atoms with Crippen molar-refractivity contribution >= 4 is 17.4 Å². The number of rotatable bonds is 3. The number of methoxy groups -OCH3 is 1. The van der Waals surface area contributed by atoms with Crippen LogP contribution in [-0.4, -0.2) is 36.3 Å². The van der Waals surface area contributed by atoms with Crippen molar-refractivity contribution in [2.75, 3.05) is 25.1 Å². The number of anilines is 1. The van der Waals surface area contributed by atoms with E-state index >= 15 is 0 Å². The van der Waals surface area contributed by atoms with Crippen LogP contribution in [0.15, 0.2) is 0 Å². The molecular weight excluding hydrogens is 262 g/mol. The van der Waals surface area contributed by atoms with Crippen LogP contribution in [0.3, 0.4) is 0 Å². The van der Waals surface area contributed by atoms with Crippen molar-refractivity contribution in [1.29, 1.82) is 0 Å². The summed E-state index contributed by atoms with van der Waals surface area (Å²) in [5.41, 5.74) is 0.974. The van der Waals surface area contributed by atoms with Gasteiger partial charge in [0.05, 0.1) is 6.10 Å². The molecule has 0 aliphatic carbocycles. The second kappa shape index (κ2) is 6.06. The van der Waals surface area contributed by atoms with Gasteiger partial charge in [0.15, 0.2) is 0 Å². The Labute approximate surface area is 120 Å². The molecule has 0 atom stereocenters. The van der Waals surface area contributed by atoms with Crippen molar-refractivity contribution in [1.82, 2.24) is 9.97 Å². The Morgan fingerprint density at radius 3 is 2.42 bits per heavy atom. The minimum atomic E-state index is 0.286. The molecule has 1 saturated heterocycles. The second-order valence-electron chi connectivity index (χ2n) is 5.40. The van der Waals surface area contributed by atoms with Crippen molar-refractivity contribution < 1.29 is 4.74 Å². The Kier molecular flexibility index (Phi) is 4.63. The molecule has 106 valence electrons. The minimum Gasteiger partial charge on any atom is -0.381 e. The molecule has 5 heteroatoms. The molecule has 0 unspecified atom stereocenters. The summed E-state index contributed by atoms with van der Waals surface area (Å²) >= 11 is 6.24. The van der Waals surface area contributed by atoms with Crippen molar-refractivity contribution in [3.8, 4) is 0 Å². The van der Waals surface area contributed by atoms with Crippen LogP contribution < -0.4 is 4.90 Å². The average molecular weight is 284 g/mol. The predicted molar refractivity (Wildman–Crippen MR) is 78.1 cm³/mol. The van der Waals surface area contributed by atoms with Crippen molar-refractivity contribution in [2.24, 2.45) is 0 Å². The van der Waals surface area contributed by atoms with E-state index < -0.39 is 0 Å². The van der Waals surface area contributed by atoms with Crippen molar-refractivity contribution in [3.63, 3.8) is 0 Å². The molecule has 0 N–H and O–H groups in total. The van der Waals surface area contributed by atoms with Gasteiger partial charge in [-0.15, -0.1) is 0 Å². The highest BCUT2D eigenvalue weighted by molar-refractivity contribution is 6.30. The van der Waals surface area contributed by atoms with Gasteiger partial charge in [0.25, 0.3) is 0 Å². The molecule has 2 rings (SSSR count). The van der Waals surface area contributed by atoms with E-state index in [-0.39, 0.29) is 5.92 Å². The quantitative estimate of drug-likeness (QED) is 0.799. The van der Waals surface area contributed by atoms with Gasteiger partial charge in [-0.3, -0.25) is 0 Å². The molecule has 0 bridgehead atoms. The molecule has 0 amide bonds. The number of nitrogens with zero attached hydrogens (tertiary/aromatic N) is 3. The standard InChI is InChI=1S/C14H22ClN3O/c1-9(2)13-16-12(15)10(3)14(17-13)18-7-5-11(19-4)6-8-18/h9,11H,5-8H2,1-4H3. The third kappa shape index (κ3) is 3.18. The monoisotopic (exact) mass is 283 g/mol. The van der Waals surface area contributed by atoms with Crippen LogP contribution in [0.1, 0.15) is 44.0 Å². The van der Waals surface area contributed by atoms with Gasteiger partial charge < -0.3 is 9.64 Å². The Bertz CT molecular complexity index is 443. The molecule has 1 aliphatic heterocycles. The minimum absolute atomic E-state index is 0.286. The van der Waals surface area contributed by atoms with E-state index in [1.165, 1.54) is 0 Å². The van der Waals surface area contributed by atoms with Crippen LogP contribution in [0, 0.1) is 6.92 Å². The number of aromatic nitrogens is 2. The van der Waals surface area contributed by atoms with E-state index in [0.29, 0.717) is 11.3 Å². The molecule has 2 heterocycles. The maximum atomic E-state index is 6.24. The Hall–Kier alpha value is -0.870. The number of piperidine rings is 1. The van der Waals surface area contributed by atoms with Gasteiger partial charge in [-0.1, -0.05) is 25.4 Å². The van der Waals surface area contributed by atoms with Crippen LogP contribution in [0.5, 0.6) is 0 Å². The smallest absolute Gasteiger partial charge is 0.137 e. The molecule has 0 spiro atoms. The first-order valence-corrected chi connectivity index (χ1v) is 7.22. The lowest BCUT2D eigenvalue weighted by Crippen LogP contribution is -2.37. The lowest BCUT2D eigenvalue weighted by Gasteiger charge is -2.33. The fraction of sp³-hybridized carbons (Fsp3) is 0.714. The number of hydrogen-bond donors (Lipinski definition) is 0. The first-order valence-electron chi connectivity index (χ1n) is 6.84. The molecule has 1 aromatic heterocycles. The van der Waals surface area contributed by atoms with E-state index in [1.807, 2.05) is 6.92 Å². The zero-order valence-corrected chi connectivity index (χ0v) is 12.9. The number of hydrogen-bond acceptors (Lipinski definition) is 4. The zero-order valence-electron chi connectivity index (χ0n) is 12.1. The fourth-order valence-electron chi connectivity index (χ4n) is 2.36. The average Bonchev–Trinajstić information content (AvgIpc) is 2.41. The van der Waals surface area contributed by atoms with Crippen molar-refractivity contribution in [2.45, 2.75) is 45.6 Å². The van der Waals surface area contributed by atoms with E-state index in [4.69, 9.17) is 21.3 Å². The topological polar surface area (TPSA) is 38.2 Å². The van der Waals surface area contributed by atoms with Gasteiger partial charge in [-0.05, 0) is 19.8 Å². The number of halogens is 1. The van der Waals surface area contributed by atoms with Gasteiger partial charge >= 0.3 is 0 Å². The van der Waals surface area contributed by atoms with E-state index in [9.17, 15) is 0 Å². The lowest BCUT2D eigenvalue weighted by atomic mass is 10.1. The van der Waals surface area contributed by atoms with Crippen LogP contribution in [0.2, 0.25) is 5.15 Å². The van der Waals surface area contributed by atoms with Crippen molar-refractivity contribution in [3.05, 3.63) is 16.5 Å². The molecule has 4 nitrogen and oxygen atoms in total. The molecule has 0 aromatic carbocycles. The molecule has 1 aliphatic rings. The summed E-state index contributed by atoms with van der Waals surface area (Å²) in [6, 6.07) is 0. The van der Waals surface area contributed by atoms with Gasteiger partial charge in [-0.2, -0.15) is 0 Å². The summed E-state index contributed by atoms with van der Waals surface area (Å²) in [7, 11) is 1.78. The summed E-state index contributed by atoms with van der Waals surface area (Å²) < 4.78 is 5.41. The molecule has 1 aromatic rings. The van der Waals surface area contributed by atoms with Gasteiger partial charge in [-0.25, -0.2) is 9.97 Å². The van der Waals surface area contributed by atoms with E-state index in [1.54, 1.807) is 7.11 Å².